The lowest BCUT2D eigenvalue weighted by Crippen LogP contribution is -2.30. The van der Waals surface area contributed by atoms with E-state index in [1.54, 1.807) is 18.2 Å². The van der Waals surface area contributed by atoms with Gasteiger partial charge in [0.1, 0.15) is 13.2 Å². The van der Waals surface area contributed by atoms with Crippen molar-refractivity contribution in [1.82, 2.24) is 0 Å². The predicted molar refractivity (Wildman–Crippen MR) is 89.9 cm³/mol. The summed E-state index contributed by atoms with van der Waals surface area (Å²) in [5.41, 5.74) is 0. The summed E-state index contributed by atoms with van der Waals surface area (Å²) < 4.78 is 14.9. The van der Waals surface area contributed by atoms with Crippen LogP contribution in [0.25, 0.3) is 0 Å². The Morgan fingerprint density at radius 3 is 1.44 bits per heavy atom. The standard InChI is InChI=1S/C18H17N3O6/c19-10-4-1-7-16(22)25-13-15(27-18(24)9-3-6-12-21)14-26-17(23)8-2-5-11-20/h1-6,15H,7-9,13-14H2. The second kappa shape index (κ2) is 15.6. The number of ether oxygens (including phenoxy) is 3. The fourth-order valence-corrected chi connectivity index (χ4v) is 1.46. The lowest BCUT2D eigenvalue weighted by molar-refractivity contribution is -0.165. The van der Waals surface area contributed by atoms with E-state index in [1.165, 1.54) is 18.2 Å². The predicted octanol–water partition coefficient (Wildman–Crippen LogP) is 1.39. The van der Waals surface area contributed by atoms with Crippen LogP contribution in [0.3, 0.4) is 0 Å². The molecule has 0 spiro atoms. The number of carbonyl (C=O) groups is 3. The van der Waals surface area contributed by atoms with E-state index in [0.29, 0.717) is 0 Å². The van der Waals surface area contributed by atoms with E-state index in [2.05, 4.69) is 0 Å². The summed E-state index contributed by atoms with van der Waals surface area (Å²) in [7, 11) is 0. The second-order valence-corrected chi connectivity index (χ2v) is 4.68. The molecule has 0 amide bonds. The molecule has 0 saturated carbocycles. The highest BCUT2D eigenvalue weighted by molar-refractivity contribution is 5.73. The number of nitrogens with zero attached hydrogens (tertiary/aromatic N) is 3. The van der Waals surface area contributed by atoms with Gasteiger partial charge in [0.15, 0.2) is 6.10 Å². The van der Waals surface area contributed by atoms with Crippen LogP contribution in [0.15, 0.2) is 36.5 Å². The number of nitriles is 3. The summed E-state index contributed by atoms with van der Waals surface area (Å²) in [6.07, 6.45) is 5.75. The molecule has 0 aliphatic heterocycles. The first-order valence-electron chi connectivity index (χ1n) is 7.68. The third kappa shape index (κ3) is 14.2. The third-order valence-electron chi connectivity index (χ3n) is 2.59. The molecular weight excluding hydrogens is 354 g/mol. The number of allylic oxidation sites excluding steroid dienone is 3. The maximum absolute atomic E-state index is 11.7. The normalized spacial score (nSPS) is 11.4. The lowest BCUT2D eigenvalue weighted by atomic mass is 10.3. The molecular formula is C18H17N3O6. The van der Waals surface area contributed by atoms with Crippen molar-refractivity contribution in [2.75, 3.05) is 13.2 Å². The largest absolute Gasteiger partial charge is 0.461 e. The average Bonchev–Trinajstić information content (AvgIpc) is 2.64. The number of rotatable bonds is 11. The Hall–Kier alpha value is -3.90. The van der Waals surface area contributed by atoms with E-state index in [-0.39, 0.29) is 32.5 Å². The topological polar surface area (TPSA) is 150 Å². The molecule has 0 aliphatic rings. The molecule has 0 aromatic heterocycles. The number of esters is 3. The van der Waals surface area contributed by atoms with Gasteiger partial charge in [-0.1, -0.05) is 18.2 Å². The first-order chi connectivity index (χ1) is 13.0. The fourth-order valence-electron chi connectivity index (χ4n) is 1.46. The Labute approximate surface area is 156 Å². The Balaban J connectivity index is 4.62. The van der Waals surface area contributed by atoms with Crippen LogP contribution < -0.4 is 0 Å². The highest BCUT2D eigenvalue weighted by atomic mass is 16.6. The maximum atomic E-state index is 11.7. The molecule has 9 heteroatoms. The molecule has 0 heterocycles. The van der Waals surface area contributed by atoms with E-state index >= 15 is 0 Å². The summed E-state index contributed by atoms with van der Waals surface area (Å²) in [6.45, 7) is -0.706. The fraction of sp³-hybridized carbons (Fsp3) is 0.333. The minimum absolute atomic E-state index is 0.141. The summed E-state index contributed by atoms with van der Waals surface area (Å²) >= 11 is 0. The molecule has 0 saturated heterocycles. The Kier molecular flexibility index (Phi) is 13.4. The van der Waals surface area contributed by atoms with Crippen molar-refractivity contribution in [3.05, 3.63) is 36.5 Å². The molecule has 140 valence electrons. The van der Waals surface area contributed by atoms with Gasteiger partial charge < -0.3 is 14.2 Å². The first-order valence-corrected chi connectivity index (χ1v) is 7.68. The smallest absolute Gasteiger partial charge is 0.310 e. The van der Waals surface area contributed by atoms with Gasteiger partial charge in [-0.15, -0.1) is 0 Å². The number of carbonyl (C=O) groups excluding carboxylic acids is 3. The van der Waals surface area contributed by atoms with Gasteiger partial charge in [-0.05, 0) is 0 Å². The molecule has 0 bridgehead atoms. The zero-order chi connectivity index (χ0) is 20.3. The third-order valence-corrected chi connectivity index (χ3v) is 2.59. The highest BCUT2D eigenvalue weighted by Crippen LogP contribution is 2.02. The Bertz CT molecular complexity index is 677. The quantitative estimate of drug-likeness (QED) is 0.298. The molecule has 0 fully saturated rings. The lowest BCUT2D eigenvalue weighted by Gasteiger charge is -2.17. The Morgan fingerprint density at radius 1 is 0.704 bits per heavy atom. The van der Waals surface area contributed by atoms with Gasteiger partial charge in [0.25, 0.3) is 0 Å². The van der Waals surface area contributed by atoms with Crippen molar-refractivity contribution in [2.45, 2.75) is 25.4 Å². The van der Waals surface area contributed by atoms with Crippen LogP contribution in [0.5, 0.6) is 0 Å². The van der Waals surface area contributed by atoms with Crippen molar-refractivity contribution in [2.24, 2.45) is 0 Å². The second-order valence-electron chi connectivity index (χ2n) is 4.68. The highest BCUT2D eigenvalue weighted by Gasteiger charge is 2.18. The van der Waals surface area contributed by atoms with Crippen molar-refractivity contribution >= 4 is 17.9 Å². The van der Waals surface area contributed by atoms with Crippen LogP contribution >= 0.6 is 0 Å². The summed E-state index contributed by atoms with van der Waals surface area (Å²) in [5.74, 6) is -2.02. The van der Waals surface area contributed by atoms with Crippen molar-refractivity contribution in [3.8, 4) is 18.2 Å². The van der Waals surface area contributed by atoms with Crippen LogP contribution in [0.2, 0.25) is 0 Å². The number of hydrogen-bond donors (Lipinski definition) is 0. The van der Waals surface area contributed by atoms with E-state index in [1.807, 2.05) is 0 Å². The van der Waals surface area contributed by atoms with Gasteiger partial charge in [0.2, 0.25) is 0 Å². The molecule has 0 N–H and O–H groups in total. The van der Waals surface area contributed by atoms with E-state index < -0.39 is 24.0 Å². The summed E-state index contributed by atoms with van der Waals surface area (Å²) in [4.78, 5) is 34.7. The van der Waals surface area contributed by atoms with E-state index in [4.69, 9.17) is 30.0 Å². The van der Waals surface area contributed by atoms with Gasteiger partial charge in [0.05, 0.1) is 37.5 Å². The monoisotopic (exact) mass is 371 g/mol. The average molecular weight is 371 g/mol. The van der Waals surface area contributed by atoms with Gasteiger partial charge in [-0.2, -0.15) is 15.8 Å². The van der Waals surface area contributed by atoms with Gasteiger partial charge >= 0.3 is 17.9 Å². The number of hydrogen-bond acceptors (Lipinski definition) is 9. The van der Waals surface area contributed by atoms with Gasteiger partial charge in [-0.3, -0.25) is 14.4 Å². The minimum atomic E-state index is -1.04. The SMILES string of the molecule is N#CC=CCC(=O)OCC(COC(=O)CC=CC#N)OC(=O)CC=CC#N. The molecule has 0 atom stereocenters. The van der Waals surface area contributed by atoms with Crippen LogP contribution in [0.1, 0.15) is 19.3 Å². The minimum Gasteiger partial charge on any atom is -0.461 e. The van der Waals surface area contributed by atoms with Gasteiger partial charge in [0, 0.05) is 18.2 Å². The van der Waals surface area contributed by atoms with E-state index in [0.717, 1.165) is 18.2 Å². The zero-order valence-corrected chi connectivity index (χ0v) is 14.4. The maximum Gasteiger partial charge on any atom is 0.310 e. The molecule has 0 radical (unpaired) electrons. The van der Waals surface area contributed by atoms with Crippen LogP contribution in [0, 0.1) is 34.0 Å². The first kappa shape index (κ1) is 23.1. The van der Waals surface area contributed by atoms with Crippen LogP contribution in [0.4, 0.5) is 0 Å². The van der Waals surface area contributed by atoms with Crippen molar-refractivity contribution in [1.29, 1.82) is 15.8 Å². The van der Waals surface area contributed by atoms with Gasteiger partial charge in [-0.25, -0.2) is 0 Å². The molecule has 0 unspecified atom stereocenters. The summed E-state index contributed by atoms with van der Waals surface area (Å²) in [5, 5.41) is 25.1. The van der Waals surface area contributed by atoms with Crippen molar-refractivity contribution < 1.29 is 28.6 Å². The molecule has 27 heavy (non-hydrogen) atoms. The molecule has 0 aliphatic carbocycles. The molecule has 0 aromatic rings. The zero-order valence-electron chi connectivity index (χ0n) is 14.4. The van der Waals surface area contributed by atoms with Crippen LogP contribution in [-0.2, 0) is 28.6 Å². The van der Waals surface area contributed by atoms with E-state index in [9.17, 15) is 14.4 Å². The molecule has 0 aromatic carbocycles. The summed E-state index contributed by atoms with van der Waals surface area (Å²) in [6, 6.07) is 5.16. The van der Waals surface area contributed by atoms with Crippen molar-refractivity contribution in [3.63, 3.8) is 0 Å². The Morgan fingerprint density at radius 2 is 1.07 bits per heavy atom. The molecule has 9 nitrogen and oxygen atoms in total. The molecule has 0 rings (SSSR count). The van der Waals surface area contributed by atoms with Crippen LogP contribution in [-0.4, -0.2) is 37.2 Å².